The average molecular weight is 404 g/mol. The highest BCUT2D eigenvalue weighted by atomic mass is 16.2. The largest absolute Gasteiger partial charge is 0.312 e. The van der Waals surface area contributed by atoms with Crippen molar-refractivity contribution in [3.63, 3.8) is 0 Å². The third-order valence-electron chi connectivity index (χ3n) is 5.88. The van der Waals surface area contributed by atoms with Crippen molar-refractivity contribution < 1.29 is 9.59 Å². The molecule has 0 radical (unpaired) electrons. The molecule has 0 aromatic heterocycles. The average Bonchev–Trinajstić information content (AvgIpc) is 3.22. The molecule has 0 spiro atoms. The van der Waals surface area contributed by atoms with Gasteiger partial charge in [-0.15, -0.1) is 0 Å². The van der Waals surface area contributed by atoms with Crippen LogP contribution in [0.15, 0.2) is 60.7 Å². The van der Waals surface area contributed by atoms with E-state index in [-0.39, 0.29) is 11.7 Å². The minimum atomic E-state index is 0.145. The van der Waals surface area contributed by atoms with Gasteiger partial charge in [0.05, 0.1) is 6.54 Å². The van der Waals surface area contributed by atoms with E-state index in [0.717, 1.165) is 56.9 Å². The number of benzene rings is 2. The lowest BCUT2D eigenvalue weighted by atomic mass is 10.1. The Morgan fingerprint density at radius 3 is 2.23 bits per heavy atom. The Kier molecular flexibility index (Phi) is 6.72. The van der Waals surface area contributed by atoms with Crippen LogP contribution in [0.5, 0.6) is 0 Å². The Bertz CT molecular complexity index is 884. The number of amides is 1. The summed E-state index contributed by atoms with van der Waals surface area (Å²) >= 11 is 0. The number of Topliss-reactive ketones (excluding diaryl/α,β-unsaturated/α-hetero) is 1. The summed E-state index contributed by atoms with van der Waals surface area (Å²) in [5.41, 5.74) is 2.84. The predicted molar refractivity (Wildman–Crippen MR) is 121 cm³/mol. The van der Waals surface area contributed by atoms with Gasteiger partial charge in [-0.2, -0.15) is 0 Å². The molecule has 0 saturated carbocycles. The van der Waals surface area contributed by atoms with Gasteiger partial charge in [0.25, 0.3) is 0 Å². The van der Waals surface area contributed by atoms with Crippen molar-refractivity contribution in [1.29, 1.82) is 0 Å². The third-order valence-corrected chi connectivity index (χ3v) is 5.88. The molecule has 2 aromatic carbocycles. The van der Waals surface area contributed by atoms with Crippen molar-refractivity contribution in [3.8, 4) is 0 Å². The molecular weight excluding hydrogens is 374 g/mol. The molecule has 0 atom stereocenters. The Balaban J connectivity index is 1.22. The molecule has 2 saturated heterocycles. The molecule has 0 bridgehead atoms. The molecule has 1 amide bonds. The maximum Gasteiger partial charge on any atom is 0.227 e. The van der Waals surface area contributed by atoms with Crippen LogP contribution in [-0.2, 0) is 4.79 Å². The number of carbonyl (C=O) groups excluding carboxylic acids is 2. The van der Waals surface area contributed by atoms with Crippen molar-refractivity contribution in [3.05, 3.63) is 71.8 Å². The van der Waals surface area contributed by atoms with Gasteiger partial charge in [0, 0.05) is 56.9 Å². The van der Waals surface area contributed by atoms with E-state index in [2.05, 4.69) is 46.2 Å². The van der Waals surface area contributed by atoms with E-state index >= 15 is 0 Å². The summed E-state index contributed by atoms with van der Waals surface area (Å²) in [7, 11) is 0. The molecule has 156 valence electrons. The Morgan fingerprint density at radius 2 is 1.57 bits per heavy atom. The van der Waals surface area contributed by atoms with E-state index in [1.54, 1.807) is 4.90 Å². The normalized spacial score (nSPS) is 18.4. The third kappa shape index (κ3) is 5.23. The van der Waals surface area contributed by atoms with Crippen molar-refractivity contribution in [2.45, 2.75) is 12.8 Å². The lowest BCUT2D eigenvalue weighted by Crippen LogP contribution is -2.47. The first kappa shape index (κ1) is 20.5. The minimum absolute atomic E-state index is 0.145. The first-order chi connectivity index (χ1) is 14.7. The van der Waals surface area contributed by atoms with Gasteiger partial charge in [-0.3, -0.25) is 19.4 Å². The molecular formula is C25H29N3O2. The standard InChI is InChI=1S/C25H29N3O2/c29-24(22-10-12-23(13-11-22)28-15-5-9-25(28)30)20-27-18-16-26(17-19-27)14-4-8-21-6-2-1-3-7-21/h1-4,6-8,10-13H,5,9,14-20H2. The van der Waals surface area contributed by atoms with Crippen LogP contribution in [0.25, 0.3) is 6.08 Å². The molecule has 5 heteroatoms. The number of nitrogens with zero attached hydrogens (tertiary/aromatic N) is 3. The molecule has 5 nitrogen and oxygen atoms in total. The summed E-state index contributed by atoms with van der Waals surface area (Å²) in [5, 5.41) is 0. The molecule has 0 aliphatic carbocycles. The maximum absolute atomic E-state index is 12.7. The van der Waals surface area contributed by atoms with Gasteiger partial charge >= 0.3 is 0 Å². The van der Waals surface area contributed by atoms with Gasteiger partial charge in [0.15, 0.2) is 5.78 Å². The van der Waals surface area contributed by atoms with E-state index in [4.69, 9.17) is 0 Å². The molecule has 0 unspecified atom stereocenters. The summed E-state index contributed by atoms with van der Waals surface area (Å²) in [4.78, 5) is 31.0. The lowest BCUT2D eigenvalue weighted by molar-refractivity contribution is -0.117. The number of carbonyl (C=O) groups is 2. The highest BCUT2D eigenvalue weighted by Gasteiger charge is 2.22. The van der Waals surface area contributed by atoms with Gasteiger partial charge in [-0.1, -0.05) is 42.5 Å². The lowest BCUT2D eigenvalue weighted by Gasteiger charge is -2.33. The highest BCUT2D eigenvalue weighted by molar-refractivity contribution is 5.99. The van der Waals surface area contributed by atoms with Crippen molar-refractivity contribution in [1.82, 2.24) is 9.80 Å². The van der Waals surface area contributed by atoms with Crippen LogP contribution in [0, 0.1) is 0 Å². The molecule has 2 heterocycles. The molecule has 4 rings (SSSR count). The summed E-state index contributed by atoms with van der Waals surface area (Å²) in [6.45, 7) is 5.93. The first-order valence-corrected chi connectivity index (χ1v) is 10.8. The number of anilines is 1. The van der Waals surface area contributed by atoms with Gasteiger partial charge in [-0.05, 0) is 36.2 Å². The van der Waals surface area contributed by atoms with Crippen LogP contribution in [0.4, 0.5) is 5.69 Å². The summed E-state index contributed by atoms with van der Waals surface area (Å²) in [6.07, 6.45) is 5.90. The monoisotopic (exact) mass is 403 g/mol. The van der Waals surface area contributed by atoms with E-state index in [1.165, 1.54) is 5.56 Å². The number of ketones is 1. The van der Waals surface area contributed by atoms with Crippen LogP contribution in [0.3, 0.4) is 0 Å². The van der Waals surface area contributed by atoms with E-state index in [9.17, 15) is 9.59 Å². The van der Waals surface area contributed by atoms with Crippen LogP contribution < -0.4 is 4.90 Å². The van der Waals surface area contributed by atoms with Crippen LogP contribution >= 0.6 is 0 Å². The summed E-state index contributed by atoms with van der Waals surface area (Å²) in [5.74, 6) is 0.317. The van der Waals surface area contributed by atoms with E-state index in [1.807, 2.05) is 30.3 Å². The fourth-order valence-electron chi connectivity index (χ4n) is 4.07. The molecule has 30 heavy (non-hydrogen) atoms. The second-order valence-electron chi connectivity index (χ2n) is 8.01. The summed E-state index contributed by atoms with van der Waals surface area (Å²) in [6, 6.07) is 17.8. The zero-order valence-electron chi connectivity index (χ0n) is 17.4. The Labute approximate surface area is 178 Å². The molecule has 2 aromatic rings. The van der Waals surface area contributed by atoms with Gasteiger partial charge in [0.2, 0.25) is 5.91 Å². The minimum Gasteiger partial charge on any atom is -0.312 e. The molecule has 2 aliphatic heterocycles. The Morgan fingerprint density at radius 1 is 0.867 bits per heavy atom. The second-order valence-corrected chi connectivity index (χ2v) is 8.01. The number of piperazine rings is 1. The zero-order chi connectivity index (χ0) is 20.8. The highest BCUT2D eigenvalue weighted by Crippen LogP contribution is 2.21. The molecule has 2 aliphatic rings. The fraction of sp³-hybridized carbons (Fsp3) is 0.360. The van der Waals surface area contributed by atoms with Crippen LogP contribution in [0.2, 0.25) is 0 Å². The zero-order valence-corrected chi connectivity index (χ0v) is 17.4. The van der Waals surface area contributed by atoms with Crippen molar-refractivity contribution >= 4 is 23.5 Å². The quantitative estimate of drug-likeness (QED) is 0.665. The number of hydrogen-bond acceptors (Lipinski definition) is 4. The molecule has 0 N–H and O–H groups in total. The van der Waals surface area contributed by atoms with Gasteiger partial charge in [0.1, 0.15) is 0 Å². The van der Waals surface area contributed by atoms with Gasteiger partial charge < -0.3 is 4.90 Å². The first-order valence-electron chi connectivity index (χ1n) is 10.8. The maximum atomic E-state index is 12.7. The van der Waals surface area contributed by atoms with Crippen LogP contribution in [-0.4, -0.2) is 67.3 Å². The fourth-order valence-corrected chi connectivity index (χ4v) is 4.07. The SMILES string of the molecule is O=C(CN1CCN(CC=Cc2ccccc2)CC1)c1ccc(N2CCCC2=O)cc1. The Hall–Kier alpha value is -2.76. The molecule has 2 fully saturated rings. The predicted octanol–water partition coefficient (Wildman–Crippen LogP) is 3.33. The van der Waals surface area contributed by atoms with E-state index < -0.39 is 0 Å². The van der Waals surface area contributed by atoms with E-state index in [0.29, 0.717) is 13.0 Å². The van der Waals surface area contributed by atoms with Crippen molar-refractivity contribution in [2.24, 2.45) is 0 Å². The second kappa shape index (κ2) is 9.83. The van der Waals surface area contributed by atoms with Crippen LogP contribution in [0.1, 0.15) is 28.8 Å². The number of hydrogen-bond donors (Lipinski definition) is 0. The van der Waals surface area contributed by atoms with Gasteiger partial charge in [-0.25, -0.2) is 0 Å². The smallest absolute Gasteiger partial charge is 0.227 e. The van der Waals surface area contributed by atoms with Crippen molar-refractivity contribution in [2.75, 3.05) is 50.7 Å². The number of rotatable bonds is 7. The summed E-state index contributed by atoms with van der Waals surface area (Å²) < 4.78 is 0. The topological polar surface area (TPSA) is 43.9 Å².